The van der Waals surface area contributed by atoms with Crippen LogP contribution < -0.4 is 14.9 Å². The third kappa shape index (κ3) is 5.22. The van der Waals surface area contributed by atoms with Gasteiger partial charge in [-0.3, -0.25) is 14.3 Å². The number of hydrogen-bond donors (Lipinski definition) is 2. The molecule has 0 atom stereocenters. The Hall–Kier alpha value is -2.52. The van der Waals surface area contributed by atoms with Crippen LogP contribution in [0.4, 0.5) is 17.1 Å². The number of thioether (sulfide) groups is 1. The molecule has 0 aromatic heterocycles. The predicted molar refractivity (Wildman–Crippen MR) is 125 cm³/mol. The first kappa shape index (κ1) is 23.1. The molecule has 1 saturated heterocycles. The van der Waals surface area contributed by atoms with Gasteiger partial charge >= 0.3 is 0 Å². The van der Waals surface area contributed by atoms with E-state index in [4.69, 9.17) is 0 Å². The molecule has 2 amide bonds. The Balaban J connectivity index is 1.86. The highest BCUT2D eigenvalue weighted by Crippen LogP contribution is 2.31. The first-order valence-electron chi connectivity index (χ1n) is 10.0. The fourth-order valence-electron chi connectivity index (χ4n) is 3.37. The molecule has 7 nitrogen and oxygen atoms in total. The van der Waals surface area contributed by atoms with E-state index in [1.54, 1.807) is 43.0 Å². The summed E-state index contributed by atoms with van der Waals surface area (Å²) < 4.78 is 28.6. The highest BCUT2D eigenvalue weighted by molar-refractivity contribution is 7.98. The van der Waals surface area contributed by atoms with Crippen molar-refractivity contribution >= 4 is 50.7 Å². The fraction of sp³-hybridized carbons (Fsp3) is 0.364. The zero-order valence-corrected chi connectivity index (χ0v) is 19.7. The second-order valence-corrected chi connectivity index (χ2v) is 10.3. The maximum Gasteiger partial charge on any atom is 0.261 e. The summed E-state index contributed by atoms with van der Waals surface area (Å²) in [5.74, 6) is -0.321. The summed E-state index contributed by atoms with van der Waals surface area (Å²) in [4.78, 5) is 26.7. The van der Waals surface area contributed by atoms with Crippen molar-refractivity contribution in [2.24, 2.45) is 5.92 Å². The molecule has 0 unspecified atom stereocenters. The topological polar surface area (TPSA) is 95.6 Å². The average Bonchev–Trinajstić information content (AvgIpc) is 3.13. The van der Waals surface area contributed by atoms with E-state index in [1.165, 1.54) is 23.9 Å². The van der Waals surface area contributed by atoms with Crippen LogP contribution in [-0.2, 0) is 19.6 Å². The van der Waals surface area contributed by atoms with Gasteiger partial charge < -0.3 is 10.2 Å². The average molecular weight is 462 g/mol. The van der Waals surface area contributed by atoms with Crippen LogP contribution in [0.25, 0.3) is 0 Å². The second kappa shape index (κ2) is 9.32. The van der Waals surface area contributed by atoms with Crippen molar-refractivity contribution in [3.63, 3.8) is 0 Å². The van der Waals surface area contributed by atoms with Crippen molar-refractivity contribution in [1.82, 2.24) is 0 Å². The number of aryl methyl sites for hydroxylation is 1. The second-order valence-electron chi connectivity index (χ2n) is 7.76. The smallest absolute Gasteiger partial charge is 0.261 e. The van der Waals surface area contributed by atoms with Gasteiger partial charge in [0.25, 0.3) is 10.0 Å². The third-order valence-electron chi connectivity index (χ3n) is 5.08. The number of benzene rings is 2. The summed E-state index contributed by atoms with van der Waals surface area (Å²) in [6, 6.07) is 9.81. The minimum atomic E-state index is -3.87. The van der Waals surface area contributed by atoms with Crippen LogP contribution in [0.2, 0.25) is 0 Å². The summed E-state index contributed by atoms with van der Waals surface area (Å²) in [6.45, 7) is 6.08. The molecule has 3 rings (SSSR count). The quantitative estimate of drug-likeness (QED) is 0.602. The lowest BCUT2D eigenvalue weighted by atomic mass is 10.1. The Bertz CT molecular complexity index is 1110. The van der Waals surface area contributed by atoms with Gasteiger partial charge in [0.2, 0.25) is 11.8 Å². The Morgan fingerprint density at radius 1 is 1.16 bits per heavy atom. The Morgan fingerprint density at radius 3 is 2.48 bits per heavy atom. The van der Waals surface area contributed by atoms with Crippen molar-refractivity contribution < 1.29 is 18.0 Å². The Labute approximate surface area is 187 Å². The summed E-state index contributed by atoms with van der Waals surface area (Å²) in [5, 5.41) is 2.80. The van der Waals surface area contributed by atoms with E-state index in [0.29, 0.717) is 24.3 Å². The largest absolute Gasteiger partial charge is 0.325 e. The minimum absolute atomic E-state index is 0.0563. The number of nitrogens with zero attached hydrogens (tertiary/aromatic N) is 1. The lowest BCUT2D eigenvalue weighted by molar-refractivity contribution is -0.119. The molecule has 0 aliphatic carbocycles. The van der Waals surface area contributed by atoms with E-state index in [-0.39, 0.29) is 22.6 Å². The van der Waals surface area contributed by atoms with Crippen molar-refractivity contribution in [3.8, 4) is 0 Å². The fourth-order valence-corrected chi connectivity index (χ4v) is 4.98. The number of sulfonamides is 1. The zero-order chi connectivity index (χ0) is 22.8. The van der Waals surface area contributed by atoms with Crippen LogP contribution in [0.5, 0.6) is 0 Å². The van der Waals surface area contributed by atoms with Crippen molar-refractivity contribution in [2.75, 3.05) is 27.7 Å². The molecule has 0 saturated carbocycles. The highest BCUT2D eigenvalue weighted by Gasteiger charge is 2.24. The molecule has 1 fully saturated rings. The number of hydrogen-bond acceptors (Lipinski definition) is 5. The molecule has 166 valence electrons. The van der Waals surface area contributed by atoms with Gasteiger partial charge in [-0.1, -0.05) is 13.8 Å². The van der Waals surface area contributed by atoms with E-state index < -0.39 is 10.0 Å². The van der Waals surface area contributed by atoms with E-state index in [1.807, 2.05) is 13.2 Å². The zero-order valence-electron chi connectivity index (χ0n) is 18.1. The van der Waals surface area contributed by atoms with Gasteiger partial charge in [0.1, 0.15) is 0 Å². The molecule has 0 spiro atoms. The molecule has 1 aliphatic heterocycles. The molecule has 1 aliphatic rings. The normalized spacial score (nSPS) is 14.2. The Kier molecular flexibility index (Phi) is 6.96. The van der Waals surface area contributed by atoms with Crippen molar-refractivity contribution in [2.45, 2.75) is 43.4 Å². The first-order valence-corrected chi connectivity index (χ1v) is 12.8. The van der Waals surface area contributed by atoms with Gasteiger partial charge in [-0.15, -0.1) is 11.8 Å². The minimum Gasteiger partial charge on any atom is -0.325 e. The van der Waals surface area contributed by atoms with Crippen LogP contribution in [0, 0.1) is 12.8 Å². The van der Waals surface area contributed by atoms with Crippen molar-refractivity contribution in [3.05, 3.63) is 42.0 Å². The summed E-state index contributed by atoms with van der Waals surface area (Å²) in [7, 11) is -3.87. The SMILES string of the molecule is CSc1ccc(S(=O)(=O)Nc2ccc(N3CCCC3=O)c(C)c2)cc1NC(=O)C(C)C. The predicted octanol–water partition coefficient (Wildman–Crippen LogP) is 4.24. The number of carbonyl (C=O) groups excluding carboxylic acids is 2. The maximum absolute atomic E-state index is 13.0. The van der Waals surface area contributed by atoms with Crippen LogP contribution in [0.1, 0.15) is 32.3 Å². The molecular weight excluding hydrogens is 434 g/mol. The van der Waals surface area contributed by atoms with E-state index in [2.05, 4.69) is 10.0 Å². The summed E-state index contributed by atoms with van der Waals surface area (Å²) >= 11 is 1.43. The lowest BCUT2D eigenvalue weighted by Crippen LogP contribution is -2.24. The summed E-state index contributed by atoms with van der Waals surface area (Å²) in [5.41, 5.74) is 2.49. The standard InChI is InChI=1S/C22H27N3O4S2/c1-14(2)22(27)23-18-13-17(8-10-20(18)30-4)31(28,29)24-16-7-9-19(15(3)12-16)25-11-5-6-21(25)26/h7-10,12-14,24H,5-6,11H2,1-4H3,(H,23,27). The summed E-state index contributed by atoms with van der Waals surface area (Å²) in [6.07, 6.45) is 3.23. The molecule has 1 heterocycles. The molecule has 2 aromatic carbocycles. The van der Waals surface area contributed by atoms with E-state index in [0.717, 1.165) is 22.6 Å². The van der Waals surface area contributed by atoms with Crippen LogP contribution in [0.3, 0.4) is 0 Å². The van der Waals surface area contributed by atoms with E-state index >= 15 is 0 Å². The molecule has 31 heavy (non-hydrogen) atoms. The Morgan fingerprint density at radius 2 is 1.90 bits per heavy atom. The number of anilines is 3. The number of rotatable bonds is 7. The third-order valence-corrected chi connectivity index (χ3v) is 7.25. The van der Waals surface area contributed by atoms with Gasteiger partial charge in [0, 0.05) is 35.2 Å². The van der Waals surface area contributed by atoms with Gasteiger partial charge in [-0.2, -0.15) is 0 Å². The molecule has 0 radical (unpaired) electrons. The highest BCUT2D eigenvalue weighted by atomic mass is 32.2. The van der Waals surface area contributed by atoms with Crippen LogP contribution in [0.15, 0.2) is 46.2 Å². The van der Waals surface area contributed by atoms with Crippen LogP contribution >= 0.6 is 11.8 Å². The van der Waals surface area contributed by atoms with Gasteiger partial charge in [0.05, 0.1) is 10.6 Å². The van der Waals surface area contributed by atoms with Gasteiger partial charge in [-0.25, -0.2) is 8.42 Å². The molecular formula is C22H27N3O4S2. The number of nitrogens with one attached hydrogen (secondary N) is 2. The molecule has 9 heteroatoms. The molecule has 2 aromatic rings. The first-order chi connectivity index (χ1) is 14.6. The number of amides is 2. The van der Waals surface area contributed by atoms with Crippen LogP contribution in [-0.4, -0.2) is 33.0 Å². The number of carbonyl (C=O) groups is 2. The van der Waals surface area contributed by atoms with Gasteiger partial charge in [0.15, 0.2) is 0 Å². The van der Waals surface area contributed by atoms with Gasteiger partial charge in [-0.05, 0) is 61.6 Å². The monoisotopic (exact) mass is 461 g/mol. The lowest BCUT2D eigenvalue weighted by Gasteiger charge is -2.19. The van der Waals surface area contributed by atoms with Crippen molar-refractivity contribution in [1.29, 1.82) is 0 Å². The van der Waals surface area contributed by atoms with E-state index in [9.17, 15) is 18.0 Å². The maximum atomic E-state index is 13.0. The molecule has 2 N–H and O–H groups in total. The molecule has 0 bridgehead atoms.